The van der Waals surface area contributed by atoms with E-state index in [2.05, 4.69) is 15.2 Å². The van der Waals surface area contributed by atoms with Crippen LogP contribution in [-0.4, -0.2) is 54.2 Å². The minimum atomic E-state index is -0.790. The molecule has 0 spiro atoms. The summed E-state index contributed by atoms with van der Waals surface area (Å²) in [4.78, 5) is 13.6. The molecule has 2 atom stereocenters. The summed E-state index contributed by atoms with van der Waals surface area (Å²) in [6.07, 6.45) is 4.38. The van der Waals surface area contributed by atoms with Gasteiger partial charge in [-0.05, 0) is 6.42 Å². The van der Waals surface area contributed by atoms with Crippen LogP contribution in [0.4, 0.5) is 0 Å². The largest absolute Gasteiger partial charge is 0.480 e. The first kappa shape index (κ1) is 10.1. The van der Waals surface area contributed by atoms with Crippen molar-refractivity contribution in [3.05, 3.63) is 12.4 Å². The molecule has 86 valence electrons. The third-order valence-corrected chi connectivity index (χ3v) is 4.84. The fourth-order valence-electron chi connectivity index (χ4n) is 2.32. The molecule has 0 saturated carbocycles. The summed E-state index contributed by atoms with van der Waals surface area (Å²) in [6.45, 7) is 1.25. The molecule has 0 radical (unpaired) electrons. The Morgan fingerprint density at radius 3 is 3.06 bits per heavy atom. The molecule has 2 saturated heterocycles. The van der Waals surface area contributed by atoms with Crippen LogP contribution in [0.1, 0.15) is 6.42 Å². The summed E-state index contributed by atoms with van der Waals surface area (Å²) in [5.41, 5.74) is -0.790. The topological polar surface area (TPSA) is 71.2 Å². The predicted molar refractivity (Wildman–Crippen MR) is 58.0 cm³/mol. The summed E-state index contributed by atoms with van der Waals surface area (Å²) in [5.74, 6) is -0.120. The molecule has 1 aromatic rings. The van der Waals surface area contributed by atoms with Crippen molar-refractivity contribution < 1.29 is 9.90 Å². The Morgan fingerprint density at radius 1 is 1.69 bits per heavy atom. The maximum Gasteiger partial charge on any atom is 0.326 e. The molecule has 1 N–H and O–H groups in total. The molecule has 2 aliphatic rings. The maximum absolute atomic E-state index is 11.5. The molecular weight excluding hydrogens is 228 g/mol. The van der Waals surface area contributed by atoms with Crippen LogP contribution in [-0.2, 0) is 11.3 Å². The van der Waals surface area contributed by atoms with Crippen molar-refractivity contribution in [2.45, 2.75) is 23.9 Å². The number of aromatic nitrogens is 3. The van der Waals surface area contributed by atoms with Crippen molar-refractivity contribution in [3.63, 3.8) is 0 Å². The Kier molecular flexibility index (Phi) is 2.18. The zero-order chi connectivity index (χ0) is 11.2. The molecule has 2 aliphatic heterocycles. The zero-order valence-corrected chi connectivity index (χ0v) is 9.43. The monoisotopic (exact) mass is 240 g/mol. The highest BCUT2D eigenvalue weighted by Gasteiger charge is 2.56. The molecule has 3 rings (SSSR count). The second-order valence-corrected chi connectivity index (χ2v) is 5.35. The Balaban J connectivity index is 1.89. The first-order chi connectivity index (χ1) is 7.72. The van der Waals surface area contributed by atoms with Gasteiger partial charge < -0.3 is 5.11 Å². The van der Waals surface area contributed by atoms with Crippen molar-refractivity contribution in [1.29, 1.82) is 0 Å². The Morgan fingerprint density at radius 2 is 2.56 bits per heavy atom. The summed E-state index contributed by atoms with van der Waals surface area (Å²) in [6, 6.07) is 0. The van der Waals surface area contributed by atoms with Crippen molar-refractivity contribution in [3.8, 4) is 0 Å². The Labute approximate surface area is 96.6 Å². The van der Waals surface area contributed by atoms with E-state index in [1.807, 2.05) is 0 Å². The van der Waals surface area contributed by atoms with Gasteiger partial charge in [0.25, 0.3) is 0 Å². The molecule has 2 unspecified atom stereocenters. The number of hydrogen-bond donors (Lipinski definition) is 1. The van der Waals surface area contributed by atoms with Gasteiger partial charge in [0.15, 0.2) is 0 Å². The number of rotatable bonds is 3. The lowest BCUT2D eigenvalue weighted by Gasteiger charge is -2.43. The van der Waals surface area contributed by atoms with E-state index in [4.69, 9.17) is 0 Å². The van der Waals surface area contributed by atoms with Gasteiger partial charge >= 0.3 is 5.97 Å². The second kappa shape index (κ2) is 3.46. The van der Waals surface area contributed by atoms with Gasteiger partial charge in [0, 0.05) is 18.5 Å². The van der Waals surface area contributed by atoms with E-state index in [1.54, 1.807) is 28.8 Å². The Bertz CT molecular complexity index is 410. The number of nitrogens with zero attached hydrogens (tertiary/aromatic N) is 4. The molecule has 0 aromatic carbocycles. The van der Waals surface area contributed by atoms with Gasteiger partial charge in [0.2, 0.25) is 0 Å². The van der Waals surface area contributed by atoms with Crippen LogP contribution in [0.2, 0.25) is 0 Å². The lowest BCUT2D eigenvalue weighted by molar-refractivity contribution is -0.154. The Hall–Kier alpha value is -1.08. The molecular formula is C9H12N4O2S. The lowest BCUT2D eigenvalue weighted by atomic mass is 9.96. The van der Waals surface area contributed by atoms with Gasteiger partial charge in [-0.25, -0.2) is 0 Å². The predicted octanol–water partition coefficient (Wildman–Crippen LogP) is -0.120. The van der Waals surface area contributed by atoms with Gasteiger partial charge in [0.05, 0.1) is 18.1 Å². The van der Waals surface area contributed by atoms with Crippen LogP contribution < -0.4 is 0 Å². The number of fused-ring (bicyclic) bond motifs is 1. The SMILES string of the molecule is O=C(O)C1(Cn2ccnn2)CSC2CCN21. The minimum absolute atomic E-state index is 0.381. The third kappa shape index (κ3) is 1.28. The fraction of sp³-hybridized carbons (Fsp3) is 0.667. The molecule has 2 fully saturated rings. The van der Waals surface area contributed by atoms with E-state index in [-0.39, 0.29) is 0 Å². The average Bonchev–Trinajstić information content (AvgIpc) is 2.75. The lowest BCUT2D eigenvalue weighted by Crippen LogP contribution is -2.61. The summed E-state index contributed by atoms with van der Waals surface area (Å²) < 4.78 is 1.61. The number of thioether (sulfide) groups is 1. The summed E-state index contributed by atoms with van der Waals surface area (Å²) >= 11 is 1.73. The number of carboxylic acid groups (broad SMARTS) is 1. The van der Waals surface area contributed by atoms with Crippen molar-refractivity contribution in [1.82, 2.24) is 19.9 Å². The van der Waals surface area contributed by atoms with E-state index in [0.29, 0.717) is 17.7 Å². The molecule has 1 aromatic heterocycles. The van der Waals surface area contributed by atoms with Crippen LogP contribution in [0.25, 0.3) is 0 Å². The minimum Gasteiger partial charge on any atom is -0.480 e. The molecule has 16 heavy (non-hydrogen) atoms. The van der Waals surface area contributed by atoms with Crippen molar-refractivity contribution in [2.75, 3.05) is 12.3 Å². The van der Waals surface area contributed by atoms with Crippen LogP contribution in [0, 0.1) is 0 Å². The van der Waals surface area contributed by atoms with E-state index < -0.39 is 11.5 Å². The van der Waals surface area contributed by atoms with Crippen LogP contribution in [0.5, 0.6) is 0 Å². The summed E-state index contributed by atoms with van der Waals surface area (Å²) in [5, 5.41) is 17.4. The molecule has 3 heterocycles. The standard InChI is InChI=1S/C9H12N4O2S/c14-8(15)9(5-12-4-2-10-11-12)6-16-7-1-3-13(7)9/h2,4,7H,1,3,5-6H2,(H,14,15). The van der Waals surface area contributed by atoms with Gasteiger partial charge in [-0.2, -0.15) is 0 Å². The molecule has 6 nitrogen and oxygen atoms in total. The maximum atomic E-state index is 11.5. The van der Waals surface area contributed by atoms with Crippen molar-refractivity contribution in [2.24, 2.45) is 0 Å². The highest BCUT2D eigenvalue weighted by molar-refractivity contribution is 8.00. The number of hydrogen-bond acceptors (Lipinski definition) is 5. The van der Waals surface area contributed by atoms with E-state index in [9.17, 15) is 9.90 Å². The fourth-order valence-corrected chi connectivity index (χ4v) is 3.93. The highest BCUT2D eigenvalue weighted by atomic mass is 32.2. The molecule has 0 amide bonds. The van der Waals surface area contributed by atoms with Gasteiger partial charge in [-0.3, -0.25) is 14.4 Å². The molecule has 7 heteroatoms. The van der Waals surface area contributed by atoms with Crippen LogP contribution >= 0.6 is 11.8 Å². The first-order valence-electron chi connectivity index (χ1n) is 5.18. The zero-order valence-electron chi connectivity index (χ0n) is 8.61. The number of carbonyl (C=O) groups is 1. The first-order valence-corrected chi connectivity index (χ1v) is 6.23. The van der Waals surface area contributed by atoms with E-state index in [1.165, 1.54) is 0 Å². The normalized spacial score (nSPS) is 33.4. The third-order valence-electron chi connectivity index (χ3n) is 3.32. The van der Waals surface area contributed by atoms with Gasteiger partial charge in [0.1, 0.15) is 5.54 Å². The number of carboxylic acids is 1. The molecule has 0 aliphatic carbocycles. The molecule has 0 bridgehead atoms. The van der Waals surface area contributed by atoms with E-state index >= 15 is 0 Å². The van der Waals surface area contributed by atoms with Crippen LogP contribution in [0.15, 0.2) is 12.4 Å². The second-order valence-electron chi connectivity index (χ2n) is 4.19. The quantitative estimate of drug-likeness (QED) is 0.794. The highest BCUT2D eigenvalue weighted by Crippen LogP contribution is 2.45. The van der Waals surface area contributed by atoms with Crippen LogP contribution in [0.3, 0.4) is 0 Å². The smallest absolute Gasteiger partial charge is 0.326 e. The van der Waals surface area contributed by atoms with Gasteiger partial charge in [-0.1, -0.05) is 5.21 Å². The average molecular weight is 240 g/mol. The van der Waals surface area contributed by atoms with Gasteiger partial charge in [-0.15, -0.1) is 16.9 Å². The number of aliphatic carboxylic acids is 1. The van der Waals surface area contributed by atoms with E-state index in [0.717, 1.165) is 13.0 Å². The summed E-state index contributed by atoms with van der Waals surface area (Å²) in [7, 11) is 0. The van der Waals surface area contributed by atoms with Crippen molar-refractivity contribution >= 4 is 17.7 Å².